The Bertz CT molecular complexity index is 742. The van der Waals surface area contributed by atoms with Crippen molar-refractivity contribution in [2.45, 2.75) is 39.2 Å². The van der Waals surface area contributed by atoms with Crippen LogP contribution in [0.25, 0.3) is 0 Å². The number of hydrogen-bond donors (Lipinski definition) is 1. The number of aromatic nitrogens is 1. The molecule has 0 aliphatic carbocycles. The molecule has 0 bridgehead atoms. The molecule has 1 amide bonds. The van der Waals surface area contributed by atoms with Gasteiger partial charge in [-0.25, -0.2) is 4.98 Å². The summed E-state index contributed by atoms with van der Waals surface area (Å²) in [5.74, 6) is 0.973. The maximum Gasteiger partial charge on any atom is 0.273 e. The summed E-state index contributed by atoms with van der Waals surface area (Å²) in [6.45, 7) is 6.10. The first-order chi connectivity index (χ1) is 12.1. The van der Waals surface area contributed by atoms with Crippen molar-refractivity contribution in [2.24, 2.45) is 5.73 Å². The third-order valence-corrected chi connectivity index (χ3v) is 5.40. The number of hydrogen-bond acceptors (Lipinski definition) is 5. The van der Waals surface area contributed by atoms with Crippen LogP contribution >= 0.6 is 23.7 Å². The van der Waals surface area contributed by atoms with Crippen LogP contribution in [0.2, 0.25) is 0 Å². The van der Waals surface area contributed by atoms with Gasteiger partial charge in [-0.05, 0) is 37.6 Å². The predicted octanol–water partition coefficient (Wildman–Crippen LogP) is 3.37. The molecule has 142 valence electrons. The molecular formula is C19H26ClN3O2S. The Kier molecular flexibility index (Phi) is 7.43. The molecule has 1 aromatic carbocycles. The van der Waals surface area contributed by atoms with Crippen LogP contribution < -0.4 is 10.5 Å². The van der Waals surface area contributed by atoms with Crippen molar-refractivity contribution in [3.8, 4) is 5.75 Å². The minimum atomic E-state index is 0. The number of nitrogens with two attached hydrogens (primary N) is 1. The first-order valence-corrected chi connectivity index (χ1v) is 9.62. The van der Waals surface area contributed by atoms with Crippen LogP contribution in [-0.2, 0) is 6.42 Å². The molecule has 0 saturated carbocycles. The highest BCUT2D eigenvalue weighted by Gasteiger charge is 2.26. The molecule has 3 rings (SSSR count). The van der Waals surface area contributed by atoms with Gasteiger partial charge >= 0.3 is 0 Å². The maximum absolute atomic E-state index is 12.6. The molecule has 1 aliphatic rings. The van der Waals surface area contributed by atoms with Gasteiger partial charge in [-0.3, -0.25) is 4.79 Å². The summed E-state index contributed by atoms with van der Waals surface area (Å²) in [6.07, 6.45) is 2.58. The second kappa shape index (κ2) is 9.35. The number of halogens is 1. The molecule has 2 heterocycles. The Balaban J connectivity index is 0.00000243. The summed E-state index contributed by atoms with van der Waals surface area (Å²) in [6, 6.07) is 6.27. The van der Waals surface area contributed by atoms with E-state index >= 15 is 0 Å². The molecule has 0 unspecified atom stereocenters. The summed E-state index contributed by atoms with van der Waals surface area (Å²) in [5, 5.41) is 2.77. The third kappa shape index (κ3) is 4.96. The summed E-state index contributed by atoms with van der Waals surface area (Å²) < 4.78 is 6.17. The number of aryl methyl sites for hydroxylation is 2. The molecule has 0 atom stereocenters. The second-order valence-corrected chi connectivity index (χ2v) is 7.49. The van der Waals surface area contributed by atoms with Gasteiger partial charge in [-0.1, -0.05) is 12.1 Å². The number of ether oxygens (including phenoxy) is 1. The van der Waals surface area contributed by atoms with Gasteiger partial charge in [0.25, 0.3) is 5.91 Å². The Morgan fingerprint density at radius 2 is 2.08 bits per heavy atom. The van der Waals surface area contributed by atoms with Gasteiger partial charge in [0, 0.05) is 37.7 Å². The largest absolute Gasteiger partial charge is 0.490 e. The molecule has 1 aromatic heterocycles. The van der Waals surface area contributed by atoms with Gasteiger partial charge in [0.2, 0.25) is 0 Å². The monoisotopic (exact) mass is 395 g/mol. The standard InChI is InChI=1S/C19H25N3O2S.ClH/c1-13-3-4-14(2)17(11-13)24-15-6-9-22(10-7-15)19(23)16-12-25-18(21-16)5-8-20;/h3-4,11-12,15H,5-10,20H2,1-2H3;1H. The van der Waals surface area contributed by atoms with E-state index in [9.17, 15) is 4.79 Å². The zero-order chi connectivity index (χ0) is 17.8. The van der Waals surface area contributed by atoms with Crippen LogP contribution in [0.3, 0.4) is 0 Å². The highest BCUT2D eigenvalue weighted by Crippen LogP contribution is 2.24. The van der Waals surface area contributed by atoms with Crippen molar-refractivity contribution in [3.63, 3.8) is 0 Å². The highest BCUT2D eigenvalue weighted by molar-refractivity contribution is 7.09. The minimum Gasteiger partial charge on any atom is -0.490 e. The zero-order valence-electron chi connectivity index (χ0n) is 15.2. The molecule has 5 nitrogen and oxygen atoms in total. The lowest BCUT2D eigenvalue weighted by atomic mass is 10.1. The predicted molar refractivity (Wildman–Crippen MR) is 108 cm³/mol. The van der Waals surface area contributed by atoms with E-state index in [4.69, 9.17) is 10.5 Å². The van der Waals surface area contributed by atoms with Crippen LogP contribution in [0.4, 0.5) is 0 Å². The van der Waals surface area contributed by atoms with E-state index in [1.165, 1.54) is 16.9 Å². The van der Waals surface area contributed by atoms with Crippen molar-refractivity contribution < 1.29 is 9.53 Å². The topological polar surface area (TPSA) is 68.5 Å². The fourth-order valence-corrected chi connectivity index (χ4v) is 3.79. The number of benzene rings is 1. The lowest BCUT2D eigenvalue weighted by Gasteiger charge is -2.32. The lowest BCUT2D eigenvalue weighted by molar-refractivity contribution is 0.0589. The molecule has 7 heteroatoms. The van der Waals surface area contributed by atoms with Gasteiger partial charge in [-0.15, -0.1) is 23.7 Å². The molecule has 1 fully saturated rings. The number of carbonyl (C=O) groups excluding carboxylic acids is 1. The van der Waals surface area contributed by atoms with E-state index in [-0.39, 0.29) is 24.4 Å². The van der Waals surface area contributed by atoms with Crippen LogP contribution in [-0.4, -0.2) is 41.5 Å². The average Bonchev–Trinajstić information content (AvgIpc) is 3.07. The van der Waals surface area contributed by atoms with Crippen LogP contribution in [0.1, 0.15) is 39.5 Å². The number of piperidine rings is 1. The van der Waals surface area contributed by atoms with Crippen molar-refractivity contribution >= 4 is 29.7 Å². The molecular weight excluding hydrogens is 370 g/mol. The Morgan fingerprint density at radius 1 is 1.35 bits per heavy atom. The Labute approximate surface area is 165 Å². The summed E-state index contributed by atoms with van der Waals surface area (Å²) >= 11 is 1.51. The van der Waals surface area contributed by atoms with Crippen LogP contribution in [0.15, 0.2) is 23.6 Å². The Hall–Kier alpha value is -1.63. The van der Waals surface area contributed by atoms with E-state index in [1.54, 1.807) is 0 Å². The summed E-state index contributed by atoms with van der Waals surface area (Å²) in [5.41, 5.74) is 8.44. The molecule has 0 spiro atoms. The Morgan fingerprint density at radius 3 is 2.77 bits per heavy atom. The van der Waals surface area contributed by atoms with Crippen molar-refractivity contribution in [3.05, 3.63) is 45.4 Å². The number of likely N-dealkylation sites (tertiary alicyclic amines) is 1. The number of nitrogens with zero attached hydrogens (tertiary/aromatic N) is 2. The first kappa shape index (κ1) is 20.7. The SMILES string of the molecule is Cc1ccc(C)c(OC2CCN(C(=O)c3csc(CCN)n3)CC2)c1.Cl. The number of carbonyl (C=O) groups is 1. The van der Waals surface area contributed by atoms with E-state index < -0.39 is 0 Å². The van der Waals surface area contributed by atoms with Crippen molar-refractivity contribution in [1.82, 2.24) is 9.88 Å². The molecule has 0 radical (unpaired) electrons. The number of amides is 1. The summed E-state index contributed by atoms with van der Waals surface area (Å²) in [7, 11) is 0. The van der Waals surface area contributed by atoms with Crippen molar-refractivity contribution in [2.75, 3.05) is 19.6 Å². The first-order valence-electron chi connectivity index (χ1n) is 8.74. The van der Waals surface area contributed by atoms with E-state index in [0.29, 0.717) is 25.3 Å². The average molecular weight is 396 g/mol. The fourth-order valence-electron chi connectivity index (χ4n) is 3.00. The van der Waals surface area contributed by atoms with Crippen LogP contribution in [0, 0.1) is 13.8 Å². The molecule has 2 N–H and O–H groups in total. The highest BCUT2D eigenvalue weighted by atomic mass is 35.5. The van der Waals surface area contributed by atoms with E-state index in [0.717, 1.165) is 35.6 Å². The van der Waals surface area contributed by atoms with E-state index in [1.807, 2.05) is 10.3 Å². The van der Waals surface area contributed by atoms with E-state index in [2.05, 4.69) is 37.0 Å². The van der Waals surface area contributed by atoms with Gasteiger partial charge in [0.15, 0.2) is 0 Å². The summed E-state index contributed by atoms with van der Waals surface area (Å²) in [4.78, 5) is 18.9. The number of thiazole rings is 1. The zero-order valence-corrected chi connectivity index (χ0v) is 16.9. The number of rotatable bonds is 5. The van der Waals surface area contributed by atoms with Gasteiger partial charge < -0.3 is 15.4 Å². The van der Waals surface area contributed by atoms with Crippen molar-refractivity contribution in [1.29, 1.82) is 0 Å². The van der Waals surface area contributed by atoms with Gasteiger partial charge in [0.05, 0.1) is 5.01 Å². The normalized spacial score (nSPS) is 14.8. The maximum atomic E-state index is 12.6. The smallest absolute Gasteiger partial charge is 0.273 e. The minimum absolute atomic E-state index is 0. The molecule has 26 heavy (non-hydrogen) atoms. The quantitative estimate of drug-likeness (QED) is 0.842. The van der Waals surface area contributed by atoms with Crippen LogP contribution in [0.5, 0.6) is 5.75 Å². The fraction of sp³-hybridized carbons (Fsp3) is 0.474. The second-order valence-electron chi connectivity index (χ2n) is 6.54. The molecule has 2 aromatic rings. The third-order valence-electron chi connectivity index (χ3n) is 4.50. The van der Waals surface area contributed by atoms with Gasteiger partial charge in [-0.2, -0.15) is 0 Å². The van der Waals surface area contributed by atoms with Gasteiger partial charge in [0.1, 0.15) is 17.5 Å². The lowest BCUT2D eigenvalue weighted by Crippen LogP contribution is -2.42. The molecule has 1 saturated heterocycles. The molecule has 1 aliphatic heterocycles.